The summed E-state index contributed by atoms with van der Waals surface area (Å²) in [6.07, 6.45) is 1.64. The Bertz CT molecular complexity index is 687. The lowest BCUT2D eigenvalue weighted by atomic mass is 9.97. The smallest absolute Gasteiger partial charge is 0.310 e. The summed E-state index contributed by atoms with van der Waals surface area (Å²) in [5.74, 6) is -0.558. The molecule has 134 valence electrons. The van der Waals surface area contributed by atoms with Crippen molar-refractivity contribution in [1.29, 1.82) is 5.26 Å². The Morgan fingerprint density at radius 2 is 2.28 bits per heavy atom. The zero-order valence-electron chi connectivity index (χ0n) is 14.4. The van der Waals surface area contributed by atoms with Crippen molar-refractivity contribution in [3.63, 3.8) is 0 Å². The third-order valence-electron chi connectivity index (χ3n) is 4.36. The minimum Gasteiger partial charge on any atom is -0.466 e. The van der Waals surface area contributed by atoms with E-state index in [1.54, 1.807) is 25.1 Å². The van der Waals surface area contributed by atoms with Crippen LogP contribution in [0.4, 0.5) is 5.69 Å². The number of amides is 1. The second kappa shape index (κ2) is 8.84. The molecule has 1 N–H and O–H groups in total. The van der Waals surface area contributed by atoms with Crippen LogP contribution in [-0.2, 0) is 14.3 Å². The third-order valence-corrected chi connectivity index (χ3v) is 4.67. The Balaban J connectivity index is 1.98. The number of ether oxygens (including phenoxy) is 1. The van der Waals surface area contributed by atoms with E-state index < -0.39 is 0 Å². The molecule has 1 saturated heterocycles. The van der Waals surface area contributed by atoms with Gasteiger partial charge in [0.15, 0.2) is 0 Å². The Hall–Kier alpha value is -2.10. The highest BCUT2D eigenvalue weighted by Gasteiger charge is 2.31. The lowest BCUT2D eigenvalue weighted by Crippen LogP contribution is -2.48. The Labute approximate surface area is 152 Å². The van der Waals surface area contributed by atoms with Crippen LogP contribution in [0.25, 0.3) is 0 Å². The highest BCUT2D eigenvalue weighted by atomic mass is 35.5. The first-order chi connectivity index (χ1) is 12.0. The van der Waals surface area contributed by atoms with Gasteiger partial charge < -0.3 is 10.1 Å². The molecule has 0 saturated carbocycles. The molecule has 0 unspecified atom stereocenters. The monoisotopic (exact) mass is 363 g/mol. The summed E-state index contributed by atoms with van der Waals surface area (Å²) < 4.78 is 5.09. The first-order valence-corrected chi connectivity index (χ1v) is 8.75. The number of nitrogens with one attached hydrogen (secondary N) is 1. The fourth-order valence-electron chi connectivity index (χ4n) is 2.91. The Morgan fingerprint density at radius 1 is 1.52 bits per heavy atom. The van der Waals surface area contributed by atoms with E-state index in [0.717, 1.165) is 19.4 Å². The van der Waals surface area contributed by atoms with Crippen LogP contribution in [0, 0.1) is 17.2 Å². The zero-order valence-corrected chi connectivity index (χ0v) is 15.2. The minimum absolute atomic E-state index is 0.176. The molecule has 0 bridgehead atoms. The molecule has 2 rings (SSSR count). The SMILES string of the molecule is CCOC(=O)[C@H]1CCCN([C@@H](C)C(=O)Nc2ccc(C#N)c(Cl)c2)C1. The fourth-order valence-corrected chi connectivity index (χ4v) is 3.13. The molecule has 0 spiro atoms. The summed E-state index contributed by atoms with van der Waals surface area (Å²) >= 11 is 5.99. The van der Waals surface area contributed by atoms with E-state index in [1.165, 1.54) is 0 Å². The van der Waals surface area contributed by atoms with Crippen LogP contribution < -0.4 is 5.32 Å². The van der Waals surface area contributed by atoms with Crippen molar-refractivity contribution in [2.45, 2.75) is 32.7 Å². The number of benzene rings is 1. The summed E-state index contributed by atoms with van der Waals surface area (Å²) in [4.78, 5) is 26.4. The number of carbonyl (C=O) groups excluding carboxylic acids is 2. The van der Waals surface area contributed by atoms with Crippen molar-refractivity contribution in [2.75, 3.05) is 25.0 Å². The molecular formula is C18H22ClN3O3. The molecule has 25 heavy (non-hydrogen) atoms. The fraction of sp³-hybridized carbons (Fsp3) is 0.500. The van der Waals surface area contributed by atoms with Gasteiger partial charge in [0.05, 0.1) is 29.2 Å². The third kappa shape index (κ3) is 4.94. The number of anilines is 1. The summed E-state index contributed by atoms with van der Waals surface area (Å²) in [5.41, 5.74) is 0.904. The topological polar surface area (TPSA) is 82.4 Å². The van der Waals surface area contributed by atoms with Crippen LogP contribution in [-0.4, -0.2) is 42.5 Å². The van der Waals surface area contributed by atoms with Gasteiger partial charge in [-0.1, -0.05) is 11.6 Å². The lowest BCUT2D eigenvalue weighted by molar-refractivity contribution is -0.150. The van der Waals surface area contributed by atoms with Crippen molar-refractivity contribution in [3.05, 3.63) is 28.8 Å². The van der Waals surface area contributed by atoms with Gasteiger partial charge in [-0.25, -0.2) is 0 Å². The lowest BCUT2D eigenvalue weighted by Gasteiger charge is -2.35. The number of hydrogen-bond acceptors (Lipinski definition) is 5. The molecule has 0 radical (unpaired) electrons. The highest BCUT2D eigenvalue weighted by molar-refractivity contribution is 6.32. The van der Waals surface area contributed by atoms with Gasteiger partial charge in [0, 0.05) is 12.2 Å². The predicted octanol–water partition coefficient (Wildman–Crippen LogP) is 2.81. The van der Waals surface area contributed by atoms with E-state index in [1.807, 2.05) is 17.9 Å². The van der Waals surface area contributed by atoms with Crippen LogP contribution in [0.3, 0.4) is 0 Å². The second-order valence-corrected chi connectivity index (χ2v) is 6.46. The van der Waals surface area contributed by atoms with Gasteiger partial charge in [-0.3, -0.25) is 14.5 Å². The first kappa shape index (κ1) is 19.2. The van der Waals surface area contributed by atoms with Crippen molar-refractivity contribution in [2.24, 2.45) is 5.92 Å². The number of rotatable bonds is 5. The standard InChI is InChI=1S/C18H22ClN3O3/c1-3-25-18(24)14-5-4-8-22(11-14)12(2)17(23)21-15-7-6-13(10-20)16(19)9-15/h6-7,9,12,14H,3-5,8,11H2,1-2H3,(H,21,23)/t12-,14-/m0/s1. The van der Waals surface area contributed by atoms with Gasteiger partial charge in [-0.2, -0.15) is 5.26 Å². The molecule has 6 nitrogen and oxygen atoms in total. The van der Waals surface area contributed by atoms with E-state index in [2.05, 4.69) is 5.32 Å². The minimum atomic E-state index is -0.383. The van der Waals surface area contributed by atoms with Crippen molar-refractivity contribution in [3.8, 4) is 6.07 Å². The molecule has 1 aliphatic rings. The largest absolute Gasteiger partial charge is 0.466 e. The summed E-state index contributed by atoms with van der Waals surface area (Å²) in [5, 5.41) is 12.0. The van der Waals surface area contributed by atoms with Crippen molar-refractivity contribution in [1.82, 2.24) is 4.90 Å². The number of hydrogen-bond donors (Lipinski definition) is 1. The number of esters is 1. The number of nitriles is 1. The van der Waals surface area contributed by atoms with Gasteiger partial charge in [0.1, 0.15) is 6.07 Å². The molecule has 0 aromatic heterocycles. The van der Waals surface area contributed by atoms with Crippen LogP contribution in [0.1, 0.15) is 32.3 Å². The number of carbonyl (C=O) groups is 2. The van der Waals surface area contributed by atoms with Gasteiger partial charge in [0.2, 0.25) is 5.91 Å². The van der Waals surface area contributed by atoms with E-state index in [0.29, 0.717) is 29.4 Å². The molecule has 1 aromatic carbocycles. The maximum atomic E-state index is 12.5. The molecule has 1 aliphatic heterocycles. The van der Waals surface area contributed by atoms with Crippen LogP contribution in [0.2, 0.25) is 5.02 Å². The predicted molar refractivity (Wildman–Crippen MR) is 95.2 cm³/mol. The molecule has 1 aromatic rings. The van der Waals surface area contributed by atoms with Gasteiger partial charge in [0.25, 0.3) is 0 Å². The molecule has 1 fully saturated rings. The molecule has 1 heterocycles. The van der Waals surface area contributed by atoms with Crippen molar-refractivity contribution >= 4 is 29.2 Å². The molecule has 0 aliphatic carbocycles. The maximum absolute atomic E-state index is 12.5. The average Bonchev–Trinajstić information content (AvgIpc) is 2.61. The molecule has 7 heteroatoms. The van der Waals surface area contributed by atoms with E-state index in [4.69, 9.17) is 21.6 Å². The number of piperidine rings is 1. The quantitative estimate of drug-likeness (QED) is 0.813. The number of nitrogens with zero attached hydrogens (tertiary/aromatic N) is 2. The van der Waals surface area contributed by atoms with Gasteiger partial charge >= 0.3 is 5.97 Å². The van der Waals surface area contributed by atoms with Crippen LogP contribution in [0.15, 0.2) is 18.2 Å². The Kier molecular flexibility index (Phi) is 6.80. The molecular weight excluding hydrogens is 342 g/mol. The maximum Gasteiger partial charge on any atom is 0.310 e. The van der Waals surface area contributed by atoms with E-state index in [-0.39, 0.29) is 23.8 Å². The van der Waals surface area contributed by atoms with E-state index in [9.17, 15) is 9.59 Å². The van der Waals surface area contributed by atoms with Crippen LogP contribution >= 0.6 is 11.6 Å². The number of halogens is 1. The Morgan fingerprint density at radius 3 is 2.92 bits per heavy atom. The summed E-state index contributed by atoms with van der Waals surface area (Å²) in [7, 11) is 0. The average molecular weight is 364 g/mol. The van der Waals surface area contributed by atoms with Crippen molar-refractivity contribution < 1.29 is 14.3 Å². The highest BCUT2D eigenvalue weighted by Crippen LogP contribution is 2.22. The van der Waals surface area contributed by atoms with Gasteiger partial charge in [-0.05, 0) is 51.4 Å². The second-order valence-electron chi connectivity index (χ2n) is 6.06. The summed E-state index contributed by atoms with van der Waals surface area (Å²) in [6, 6.07) is 6.37. The molecule has 1 amide bonds. The van der Waals surface area contributed by atoms with Crippen LogP contribution in [0.5, 0.6) is 0 Å². The van der Waals surface area contributed by atoms with E-state index >= 15 is 0 Å². The normalized spacial score (nSPS) is 18.9. The summed E-state index contributed by atoms with van der Waals surface area (Å²) in [6.45, 7) is 5.25. The number of likely N-dealkylation sites (tertiary alicyclic amines) is 1. The zero-order chi connectivity index (χ0) is 18.4. The first-order valence-electron chi connectivity index (χ1n) is 8.37. The van der Waals surface area contributed by atoms with Gasteiger partial charge in [-0.15, -0.1) is 0 Å². The molecule has 2 atom stereocenters.